The molecule has 3 heterocycles. The number of hydrogen-bond donors (Lipinski definition) is 2. The largest absolute Gasteiger partial charge is 0.485 e. The summed E-state index contributed by atoms with van der Waals surface area (Å²) in [6.07, 6.45) is 4.79. The van der Waals surface area contributed by atoms with Crippen LogP contribution in [0.2, 0.25) is 5.02 Å². The van der Waals surface area contributed by atoms with Crippen LogP contribution < -0.4 is 15.2 Å². The topological polar surface area (TPSA) is 120 Å². The standard InChI is InChI=1S/C25H17ClN4O4/c26-16-4-3-14-10-22(19(24(27)32)9-15(14)8-16)33-13-21(31)20-12-29-25-18(20)5-6-23(30-25)34-17-2-1-7-28-11-17/h1-12H,13H2,(H2,27,32)(H,29,30). The third-order valence-electron chi connectivity index (χ3n) is 5.20. The van der Waals surface area contributed by atoms with Crippen LogP contribution in [0.1, 0.15) is 20.7 Å². The van der Waals surface area contributed by atoms with Crippen LogP contribution in [0.25, 0.3) is 21.8 Å². The highest BCUT2D eigenvalue weighted by Gasteiger charge is 2.17. The Morgan fingerprint density at radius 3 is 2.71 bits per heavy atom. The molecule has 3 N–H and O–H groups in total. The number of Topliss-reactive ketones (excluding diaryl/α,β-unsaturated/α-hetero) is 1. The number of ketones is 1. The molecule has 34 heavy (non-hydrogen) atoms. The Labute approximate surface area is 198 Å². The second-order valence-corrected chi connectivity index (χ2v) is 7.89. The van der Waals surface area contributed by atoms with Crippen molar-refractivity contribution < 1.29 is 19.1 Å². The van der Waals surface area contributed by atoms with Crippen LogP contribution in [0, 0.1) is 0 Å². The molecule has 0 unspecified atom stereocenters. The zero-order valence-corrected chi connectivity index (χ0v) is 18.4. The van der Waals surface area contributed by atoms with Crippen LogP contribution in [0.5, 0.6) is 17.4 Å². The van der Waals surface area contributed by atoms with Crippen LogP contribution in [0.3, 0.4) is 0 Å². The molecule has 0 saturated heterocycles. The first-order chi connectivity index (χ1) is 16.5. The van der Waals surface area contributed by atoms with E-state index in [0.717, 1.165) is 10.8 Å². The van der Waals surface area contributed by atoms with Crippen LogP contribution >= 0.6 is 11.6 Å². The van der Waals surface area contributed by atoms with Gasteiger partial charge in [-0.2, -0.15) is 4.98 Å². The van der Waals surface area contributed by atoms with Crippen LogP contribution in [-0.4, -0.2) is 33.2 Å². The van der Waals surface area contributed by atoms with Crippen molar-refractivity contribution in [3.8, 4) is 17.4 Å². The second-order valence-electron chi connectivity index (χ2n) is 7.45. The number of benzene rings is 2. The van der Waals surface area contributed by atoms with Crippen molar-refractivity contribution in [2.24, 2.45) is 5.73 Å². The van der Waals surface area contributed by atoms with Gasteiger partial charge in [-0.15, -0.1) is 0 Å². The molecule has 0 saturated carbocycles. The zero-order valence-electron chi connectivity index (χ0n) is 17.6. The van der Waals surface area contributed by atoms with E-state index >= 15 is 0 Å². The lowest BCUT2D eigenvalue weighted by Crippen LogP contribution is -2.16. The highest BCUT2D eigenvalue weighted by atomic mass is 35.5. The van der Waals surface area contributed by atoms with E-state index in [1.807, 2.05) is 0 Å². The summed E-state index contributed by atoms with van der Waals surface area (Å²) < 4.78 is 11.4. The number of fused-ring (bicyclic) bond motifs is 2. The van der Waals surface area contributed by atoms with E-state index in [0.29, 0.717) is 33.2 Å². The van der Waals surface area contributed by atoms with Crippen LogP contribution in [0.4, 0.5) is 0 Å². The maximum absolute atomic E-state index is 12.9. The van der Waals surface area contributed by atoms with E-state index in [1.165, 1.54) is 0 Å². The Balaban J connectivity index is 1.37. The monoisotopic (exact) mass is 472 g/mol. The first-order valence-corrected chi connectivity index (χ1v) is 10.6. The third kappa shape index (κ3) is 4.26. The molecule has 5 aromatic rings. The van der Waals surface area contributed by atoms with E-state index in [4.69, 9.17) is 26.8 Å². The molecule has 0 atom stereocenters. The molecule has 1 amide bonds. The van der Waals surface area contributed by atoms with Gasteiger partial charge < -0.3 is 20.2 Å². The number of nitrogens with one attached hydrogen (secondary N) is 1. The average molecular weight is 473 g/mol. The molecule has 0 radical (unpaired) electrons. The number of primary amides is 1. The Morgan fingerprint density at radius 2 is 1.91 bits per heavy atom. The normalized spacial score (nSPS) is 11.0. The van der Waals surface area contributed by atoms with Crippen molar-refractivity contribution in [1.82, 2.24) is 15.0 Å². The highest BCUT2D eigenvalue weighted by molar-refractivity contribution is 6.31. The average Bonchev–Trinajstić information content (AvgIpc) is 3.26. The van der Waals surface area contributed by atoms with Gasteiger partial charge in [0.15, 0.2) is 6.61 Å². The van der Waals surface area contributed by atoms with Gasteiger partial charge in [-0.05, 0) is 53.2 Å². The van der Waals surface area contributed by atoms with E-state index in [-0.39, 0.29) is 23.7 Å². The summed E-state index contributed by atoms with van der Waals surface area (Å²) in [6, 6.07) is 15.5. The highest BCUT2D eigenvalue weighted by Crippen LogP contribution is 2.29. The number of aromatic nitrogens is 3. The number of carbonyl (C=O) groups is 2. The number of pyridine rings is 2. The molecule has 168 valence electrons. The molecule has 0 aliphatic heterocycles. The van der Waals surface area contributed by atoms with Gasteiger partial charge in [0.1, 0.15) is 17.1 Å². The van der Waals surface area contributed by atoms with E-state index in [2.05, 4.69) is 15.0 Å². The number of hydrogen-bond acceptors (Lipinski definition) is 6. The molecule has 8 nitrogen and oxygen atoms in total. The zero-order chi connectivity index (χ0) is 23.7. The van der Waals surface area contributed by atoms with E-state index in [1.54, 1.807) is 73.2 Å². The smallest absolute Gasteiger partial charge is 0.252 e. The van der Waals surface area contributed by atoms with Gasteiger partial charge in [0.2, 0.25) is 11.7 Å². The maximum Gasteiger partial charge on any atom is 0.252 e. The minimum absolute atomic E-state index is 0.167. The Hall–Kier alpha value is -4.43. The van der Waals surface area contributed by atoms with Crippen molar-refractivity contribution in [2.45, 2.75) is 0 Å². The minimum Gasteiger partial charge on any atom is -0.485 e. The lowest BCUT2D eigenvalue weighted by Gasteiger charge is -2.11. The first kappa shape index (κ1) is 21.4. The van der Waals surface area contributed by atoms with Crippen LogP contribution in [-0.2, 0) is 0 Å². The SMILES string of the molecule is NC(=O)c1cc2cc(Cl)ccc2cc1OCC(=O)c1c[nH]c2nc(Oc3cccnc3)ccc12. The van der Waals surface area contributed by atoms with Gasteiger partial charge in [0, 0.05) is 34.4 Å². The second kappa shape index (κ2) is 8.84. The van der Waals surface area contributed by atoms with Crippen molar-refractivity contribution in [3.05, 3.63) is 89.3 Å². The number of carbonyl (C=O) groups excluding carboxylic acids is 2. The lowest BCUT2D eigenvalue weighted by atomic mass is 10.1. The molecule has 5 rings (SSSR count). The predicted octanol–water partition coefficient (Wildman–Crippen LogP) is 4.92. The fourth-order valence-electron chi connectivity index (χ4n) is 3.58. The molecule has 0 aliphatic carbocycles. The molecule has 0 aliphatic rings. The van der Waals surface area contributed by atoms with E-state index in [9.17, 15) is 9.59 Å². The molecular formula is C25H17ClN4O4. The lowest BCUT2D eigenvalue weighted by molar-refractivity contribution is 0.0914. The van der Waals surface area contributed by atoms with E-state index < -0.39 is 5.91 Å². The number of amides is 1. The van der Waals surface area contributed by atoms with Gasteiger partial charge in [-0.3, -0.25) is 14.6 Å². The fourth-order valence-corrected chi connectivity index (χ4v) is 3.76. The Morgan fingerprint density at radius 1 is 1.03 bits per heavy atom. The number of nitrogens with zero attached hydrogens (tertiary/aromatic N) is 2. The van der Waals surface area contributed by atoms with Gasteiger partial charge in [-0.25, -0.2) is 0 Å². The molecule has 0 fully saturated rings. The molecule has 9 heteroatoms. The van der Waals surface area contributed by atoms with Crippen molar-refractivity contribution in [2.75, 3.05) is 6.61 Å². The van der Waals surface area contributed by atoms with Crippen LogP contribution in [0.15, 0.2) is 73.2 Å². The van der Waals surface area contributed by atoms with Crippen molar-refractivity contribution >= 4 is 45.1 Å². The van der Waals surface area contributed by atoms with Gasteiger partial charge in [0.25, 0.3) is 5.91 Å². The first-order valence-electron chi connectivity index (χ1n) is 10.2. The molecule has 0 bridgehead atoms. The minimum atomic E-state index is -0.665. The van der Waals surface area contributed by atoms with Gasteiger partial charge in [-0.1, -0.05) is 17.7 Å². The van der Waals surface area contributed by atoms with Crippen molar-refractivity contribution in [1.29, 1.82) is 0 Å². The summed E-state index contributed by atoms with van der Waals surface area (Å²) in [6.45, 7) is -0.291. The summed E-state index contributed by atoms with van der Waals surface area (Å²) in [5.74, 6) is 0.177. The van der Waals surface area contributed by atoms with Gasteiger partial charge in [0.05, 0.1) is 11.8 Å². The summed E-state index contributed by atoms with van der Waals surface area (Å²) in [4.78, 5) is 36.3. The summed E-state index contributed by atoms with van der Waals surface area (Å²) in [5.41, 5.74) is 6.59. The molecular weight excluding hydrogens is 456 g/mol. The summed E-state index contributed by atoms with van der Waals surface area (Å²) >= 11 is 6.04. The summed E-state index contributed by atoms with van der Waals surface area (Å²) in [5, 5.41) is 2.70. The predicted molar refractivity (Wildman–Crippen MR) is 128 cm³/mol. The number of halogens is 1. The number of nitrogens with two attached hydrogens (primary N) is 1. The quantitative estimate of drug-likeness (QED) is 0.324. The number of ether oxygens (including phenoxy) is 2. The number of rotatable bonds is 7. The fraction of sp³-hybridized carbons (Fsp3) is 0.0400. The Bertz CT molecular complexity index is 1550. The molecule has 3 aromatic heterocycles. The molecule has 0 spiro atoms. The third-order valence-corrected chi connectivity index (χ3v) is 5.43. The Kier molecular flexibility index (Phi) is 5.57. The summed E-state index contributed by atoms with van der Waals surface area (Å²) in [7, 11) is 0. The maximum atomic E-state index is 12.9. The number of aromatic amines is 1. The van der Waals surface area contributed by atoms with Crippen molar-refractivity contribution in [3.63, 3.8) is 0 Å². The van der Waals surface area contributed by atoms with Gasteiger partial charge >= 0.3 is 0 Å². The molecule has 2 aromatic carbocycles. The number of H-pyrrole nitrogens is 1.